The van der Waals surface area contributed by atoms with E-state index in [0.29, 0.717) is 40.7 Å². The van der Waals surface area contributed by atoms with Gasteiger partial charge in [0, 0.05) is 24.0 Å². The van der Waals surface area contributed by atoms with Crippen LogP contribution in [0.1, 0.15) is 42.3 Å². The summed E-state index contributed by atoms with van der Waals surface area (Å²) < 4.78 is 62.8. The largest absolute Gasteiger partial charge is 0.500 e. The number of imidazole rings is 1. The minimum absolute atomic E-state index is 0.243. The summed E-state index contributed by atoms with van der Waals surface area (Å²) in [5, 5.41) is 0.243. The quantitative estimate of drug-likeness (QED) is 0.319. The molecule has 0 spiro atoms. The molecule has 0 saturated heterocycles. The molecule has 0 fully saturated rings. The summed E-state index contributed by atoms with van der Waals surface area (Å²) in [7, 11) is 1.51. The van der Waals surface area contributed by atoms with Gasteiger partial charge in [0.2, 0.25) is 5.95 Å². The van der Waals surface area contributed by atoms with Gasteiger partial charge in [0.25, 0.3) is 0 Å². The first kappa shape index (κ1) is 23.7. The number of rotatable bonds is 6. The molecule has 4 rings (SSSR count). The van der Waals surface area contributed by atoms with Gasteiger partial charge in [0.05, 0.1) is 30.0 Å². The molecule has 34 heavy (non-hydrogen) atoms. The van der Waals surface area contributed by atoms with Crippen LogP contribution < -0.4 is 0 Å². The number of hydrogen-bond donors (Lipinski definition) is 1. The van der Waals surface area contributed by atoms with Crippen LogP contribution in [0, 0.1) is 5.95 Å². The van der Waals surface area contributed by atoms with E-state index in [1.807, 2.05) is 6.08 Å². The SMILES string of the molecule is COC1=CC(OC(C)c2ccc(C(F)(F)F)cn2)=CCC1c1[nH]c(-c2ccc(F)nc2)nc1Cl. The molecule has 3 aromatic rings. The van der Waals surface area contributed by atoms with E-state index in [4.69, 9.17) is 21.1 Å². The van der Waals surface area contributed by atoms with E-state index in [9.17, 15) is 17.6 Å². The highest BCUT2D eigenvalue weighted by Crippen LogP contribution is 2.38. The second-order valence-electron chi connectivity index (χ2n) is 7.53. The van der Waals surface area contributed by atoms with Gasteiger partial charge in [0.1, 0.15) is 23.4 Å². The Kier molecular flexibility index (Phi) is 6.60. The van der Waals surface area contributed by atoms with E-state index in [2.05, 4.69) is 19.9 Å². The fourth-order valence-corrected chi connectivity index (χ4v) is 3.78. The van der Waals surface area contributed by atoms with Crippen molar-refractivity contribution < 1.29 is 27.0 Å². The van der Waals surface area contributed by atoms with Crippen molar-refractivity contribution >= 4 is 11.6 Å². The van der Waals surface area contributed by atoms with Crippen molar-refractivity contribution in [2.24, 2.45) is 0 Å². The minimum Gasteiger partial charge on any atom is -0.500 e. The third-order valence-corrected chi connectivity index (χ3v) is 5.58. The topological polar surface area (TPSA) is 72.9 Å². The second kappa shape index (κ2) is 9.46. The summed E-state index contributed by atoms with van der Waals surface area (Å²) in [6, 6.07) is 5.03. The molecule has 11 heteroatoms. The normalized spacial score (nSPS) is 17.1. The van der Waals surface area contributed by atoms with Crippen LogP contribution in [0.5, 0.6) is 0 Å². The summed E-state index contributed by atoms with van der Waals surface area (Å²) in [4.78, 5) is 15.0. The van der Waals surface area contributed by atoms with Crippen molar-refractivity contribution in [3.63, 3.8) is 0 Å². The molecule has 2 atom stereocenters. The number of aromatic nitrogens is 4. The van der Waals surface area contributed by atoms with Gasteiger partial charge in [-0.15, -0.1) is 0 Å². The molecule has 0 saturated carbocycles. The molecule has 1 N–H and O–H groups in total. The fourth-order valence-electron chi connectivity index (χ4n) is 3.52. The van der Waals surface area contributed by atoms with Crippen LogP contribution in [-0.2, 0) is 15.7 Å². The Balaban J connectivity index is 1.49. The van der Waals surface area contributed by atoms with Gasteiger partial charge in [-0.05, 0) is 43.7 Å². The standard InChI is InChI=1S/C23H19ClF4N4O2/c1-12(17-7-4-14(11-29-17)23(26,27)28)34-15-5-6-16(18(9-15)33-2)20-21(24)32-22(31-20)13-3-8-19(25)30-10-13/h3-5,7-12,16H,6H2,1-2H3,(H,31,32). The Morgan fingerprint density at radius 1 is 1.15 bits per heavy atom. The Hall–Kier alpha value is -3.40. The number of ether oxygens (including phenoxy) is 2. The summed E-state index contributed by atoms with van der Waals surface area (Å²) in [6.07, 6.45) is 1.07. The van der Waals surface area contributed by atoms with E-state index >= 15 is 0 Å². The molecule has 0 bridgehead atoms. The predicted molar refractivity (Wildman–Crippen MR) is 116 cm³/mol. The monoisotopic (exact) mass is 494 g/mol. The van der Waals surface area contributed by atoms with Crippen LogP contribution in [0.2, 0.25) is 5.15 Å². The van der Waals surface area contributed by atoms with Crippen LogP contribution in [0.15, 0.2) is 60.3 Å². The molecule has 3 heterocycles. The maximum absolute atomic E-state index is 13.1. The first-order valence-corrected chi connectivity index (χ1v) is 10.6. The van der Waals surface area contributed by atoms with Gasteiger partial charge in [-0.3, -0.25) is 4.98 Å². The maximum atomic E-state index is 13.1. The summed E-state index contributed by atoms with van der Waals surface area (Å²) in [5.74, 6) is 0.604. The first-order valence-electron chi connectivity index (χ1n) is 10.2. The highest BCUT2D eigenvalue weighted by Gasteiger charge is 2.31. The number of halogens is 5. The summed E-state index contributed by atoms with van der Waals surface area (Å²) >= 11 is 6.37. The Morgan fingerprint density at radius 2 is 1.94 bits per heavy atom. The number of allylic oxidation sites excluding steroid dienone is 3. The van der Waals surface area contributed by atoms with Crippen LogP contribution in [-0.4, -0.2) is 27.0 Å². The molecule has 0 aliphatic heterocycles. The first-order chi connectivity index (χ1) is 16.2. The van der Waals surface area contributed by atoms with Gasteiger partial charge in [-0.1, -0.05) is 11.6 Å². The molecule has 0 amide bonds. The zero-order valence-corrected chi connectivity index (χ0v) is 18.8. The second-order valence-corrected chi connectivity index (χ2v) is 7.89. The van der Waals surface area contributed by atoms with Crippen LogP contribution in [0.3, 0.4) is 0 Å². The number of hydrogen-bond acceptors (Lipinski definition) is 5. The Bertz CT molecular complexity index is 1220. The number of methoxy groups -OCH3 is 1. The molecular weight excluding hydrogens is 476 g/mol. The van der Waals surface area contributed by atoms with Gasteiger partial charge in [-0.25, -0.2) is 9.97 Å². The van der Waals surface area contributed by atoms with Gasteiger partial charge in [0.15, 0.2) is 5.15 Å². The van der Waals surface area contributed by atoms with Crippen LogP contribution in [0.4, 0.5) is 17.6 Å². The van der Waals surface area contributed by atoms with Gasteiger partial charge >= 0.3 is 6.18 Å². The lowest BCUT2D eigenvalue weighted by molar-refractivity contribution is -0.137. The lowest BCUT2D eigenvalue weighted by Crippen LogP contribution is -2.12. The lowest BCUT2D eigenvalue weighted by atomic mass is 9.94. The zero-order valence-electron chi connectivity index (χ0n) is 18.0. The third-order valence-electron chi connectivity index (χ3n) is 5.30. The van der Waals surface area contributed by atoms with Crippen LogP contribution in [0.25, 0.3) is 11.4 Å². The van der Waals surface area contributed by atoms with Crippen molar-refractivity contribution in [1.82, 2.24) is 19.9 Å². The van der Waals surface area contributed by atoms with E-state index < -0.39 is 23.8 Å². The number of alkyl halides is 3. The maximum Gasteiger partial charge on any atom is 0.417 e. The molecule has 6 nitrogen and oxygen atoms in total. The number of nitrogens with zero attached hydrogens (tertiary/aromatic N) is 3. The van der Waals surface area contributed by atoms with Crippen molar-refractivity contribution in [3.05, 3.63) is 88.4 Å². The van der Waals surface area contributed by atoms with E-state index in [1.165, 1.54) is 31.5 Å². The molecule has 1 aliphatic rings. The molecule has 178 valence electrons. The van der Waals surface area contributed by atoms with E-state index in [0.717, 1.165) is 12.3 Å². The van der Waals surface area contributed by atoms with E-state index in [1.54, 1.807) is 13.0 Å². The Labute approximate surface area is 197 Å². The minimum atomic E-state index is -4.45. The van der Waals surface area contributed by atoms with E-state index in [-0.39, 0.29) is 11.1 Å². The molecule has 0 aromatic carbocycles. The van der Waals surface area contributed by atoms with Crippen LogP contribution >= 0.6 is 11.6 Å². The molecular formula is C23H19ClF4N4O2. The highest BCUT2D eigenvalue weighted by molar-refractivity contribution is 6.30. The van der Waals surface area contributed by atoms with Crippen molar-refractivity contribution in [2.45, 2.75) is 31.5 Å². The van der Waals surface area contributed by atoms with Gasteiger partial charge in [-0.2, -0.15) is 17.6 Å². The van der Waals surface area contributed by atoms with Gasteiger partial charge < -0.3 is 14.5 Å². The molecule has 2 unspecified atom stereocenters. The zero-order chi connectivity index (χ0) is 24.5. The lowest BCUT2D eigenvalue weighted by Gasteiger charge is -2.24. The number of H-pyrrole nitrogens is 1. The fraction of sp³-hybridized carbons (Fsp3) is 0.261. The Morgan fingerprint density at radius 3 is 2.56 bits per heavy atom. The highest BCUT2D eigenvalue weighted by atomic mass is 35.5. The third kappa shape index (κ3) is 5.06. The number of pyridine rings is 2. The molecule has 1 aliphatic carbocycles. The molecule has 0 radical (unpaired) electrons. The molecule has 3 aromatic heterocycles. The number of nitrogens with one attached hydrogen (secondary N) is 1. The van der Waals surface area contributed by atoms with Crippen molar-refractivity contribution in [3.8, 4) is 11.4 Å². The predicted octanol–water partition coefficient (Wildman–Crippen LogP) is 6.36. The average molecular weight is 495 g/mol. The summed E-state index contributed by atoms with van der Waals surface area (Å²) in [5.41, 5.74) is 0.724. The smallest absolute Gasteiger partial charge is 0.417 e. The van der Waals surface area contributed by atoms with Crippen molar-refractivity contribution in [2.75, 3.05) is 7.11 Å². The average Bonchev–Trinajstić information content (AvgIpc) is 3.20. The summed E-state index contributed by atoms with van der Waals surface area (Å²) in [6.45, 7) is 1.69. The number of aromatic amines is 1. The van der Waals surface area contributed by atoms with Crippen molar-refractivity contribution in [1.29, 1.82) is 0 Å².